The van der Waals surface area contributed by atoms with Gasteiger partial charge in [0.15, 0.2) is 6.10 Å². The first-order chi connectivity index (χ1) is 8.14. The van der Waals surface area contributed by atoms with E-state index in [0.717, 1.165) is 0 Å². The SMILES string of the molecule is C[C@@H](CO)CC(=O)O[C@@H](CC(=O)O)C[N+](C)(C)C. The normalized spacial score (nSPS) is 14.9. The number of carbonyl (C=O) groups excluding carboxylic acids is 1. The lowest BCUT2D eigenvalue weighted by molar-refractivity contribution is -0.873. The van der Waals surface area contributed by atoms with E-state index in [1.807, 2.05) is 21.1 Å². The molecule has 0 aromatic carbocycles. The summed E-state index contributed by atoms with van der Waals surface area (Å²) >= 11 is 0. The molecule has 2 atom stereocenters. The molecule has 6 heteroatoms. The summed E-state index contributed by atoms with van der Waals surface area (Å²) in [7, 11) is 5.71. The quantitative estimate of drug-likeness (QED) is 0.479. The molecule has 18 heavy (non-hydrogen) atoms. The molecule has 0 rings (SSSR count). The van der Waals surface area contributed by atoms with Crippen molar-refractivity contribution < 1.29 is 29.0 Å². The Morgan fingerprint density at radius 3 is 2.17 bits per heavy atom. The maximum absolute atomic E-state index is 11.6. The molecule has 0 saturated heterocycles. The zero-order valence-corrected chi connectivity index (χ0v) is 11.5. The Balaban J connectivity index is 4.40. The Morgan fingerprint density at radius 2 is 1.78 bits per heavy atom. The zero-order chi connectivity index (χ0) is 14.3. The van der Waals surface area contributed by atoms with Gasteiger partial charge in [0.05, 0.1) is 34.0 Å². The fourth-order valence-electron chi connectivity index (χ4n) is 1.53. The lowest BCUT2D eigenvalue weighted by Crippen LogP contribution is -2.43. The third-order valence-corrected chi connectivity index (χ3v) is 2.28. The van der Waals surface area contributed by atoms with Crippen LogP contribution < -0.4 is 0 Å². The monoisotopic (exact) mass is 262 g/mol. The molecular weight excluding hydrogens is 238 g/mol. The van der Waals surface area contributed by atoms with Gasteiger partial charge in [-0.3, -0.25) is 9.59 Å². The van der Waals surface area contributed by atoms with Crippen molar-refractivity contribution in [1.29, 1.82) is 0 Å². The van der Waals surface area contributed by atoms with E-state index >= 15 is 0 Å². The van der Waals surface area contributed by atoms with Gasteiger partial charge in [0.1, 0.15) is 6.54 Å². The van der Waals surface area contributed by atoms with E-state index in [9.17, 15) is 9.59 Å². The van der Waals surface area contributed by atoms with Gasteiger partial charge in [-0.15, -0.1) is 0 Å². The molecule has 0 aliphatic heterocycles. The lowest BCUT2D eigenvalue weighted by Gasteiger charge is -2.28. The van der Waals surface area contributed by atoms with E-state index in [1.165, 1.54) is 0 Å². The summed E-state index contributed by atoms with van der Waals surface area (Å²) < 4.78 is 5.68. The van der Waals surface area contributed by atoms with Gasteiger partial charge in [0.2, 0.25) is 0 Å². The minimum atomic E-state index is -0.989. The fourth-order valence-corrected chi connectivity index (χ4v) is 1.53. The minimum Gasteiger partial charge on any atom is -0.481 e. The van der Waals surface area contributed by atoms with Crippen molar-refractivity contribution in [2.45, 2.75) is 25.9 Å². The Labute approximate surface area is 108 Å². The number of quaternary nitrogens is 1. The topological polar surface area (TPSA) is 83.8 Å². The highest BCUT2D eigenvalue weighted by molar-refractivity contribution is 5.71. The van der Waals surface area contributed by atoms with Crippen molar-refractivity contribution in [1.82, 2.24) is 0 Å². The molecule has 0 unspecified atom stereocenters. The number of likely N-dealkylation sites (N-methyl/N-ethyl adjacent to an activating group) is 1. The first-order valence-corrected chi connectivity index (χ1v) is 5.96. The number of carbonyl (C=O) groups is 2. The number of nitrogens with zero attached hydrogens (tertiary/aromatic N) is 1. The number of rotatable bonds is 8. The first kappa shape index (κ1) is 16.9. The minimum absolute atomic E-state index is 0.0893. The van der Waals surface area contributed by atoms with Gasteiger partial charge in [-0.25, -0.2) is 0 Å². The second kappa shape index (κ2) is 7.33. The molecule has 0 saturated carbocycles. The van der Waals surface area contributed by atoms with Gasteiger partial charge in [0.25, 0.3) is 0 Å². The van der Waals surface area contributed by atoms with E-state index < -0.39 is 18.0 Å². The number of carboxylic acid groups (broad SMARTS) is 1. The summed E-state index contributed by atoms with van der Waals surface area (Å²) in [6, 6.07) is 0. The standard InChI is InChI=1S/C12H23NO5/c1-9(8-14)5-12(17)18-10(6-11(15)16)7-13(2,3)4/h9-10,14H,5-8H2,1-4H3/p+1/t9-,10+/m1/s1. The molecule has 0 aromatic rings. The Bertz CT molecular complexity index is 285. The van der Waals surface area contributed by atoms with Crippen molar-refractivity contribution >= 4 is 11.9 Å². The zero-order valence-electron chi connectivity index (χ0n) is 11.5. The second-order valence-electron chi connectivity index (χ2n) is 5.67. The second-order valence-corrected chi connectivity index (χ2v) is 5.67. The first-order valence-electron chi connectivity index (χ1n) is 5.96. The summed E-state index contributed by atoms with van der Waals surface area (Å²) in [6.07, 6.45) is -0.737. The Morgan fingerprint density at radius 1 is 1.22 bits per heavy atom. The number of carboxylic acids is 1. The van der Waals surface area contributed by atoms with Crippen molar-refractivity contribution in [3.05, 3.63) is 0 Å². The van der Waals surface area contributed by atoms with E-state index in [0.29, 0.717) is 11.0 Å². The molecule has 0 amide bonds. The van der Waals surface area contributed by atoms with Crippen molar-refractivity contribution in [3.63, 3.8) is 0 Å². The number of ether oxygens (including phenoxy) is 1. The molecule has 0 radical (unpaired) electrons. The predicted molar refractivity (Wildman–Crippen MR) is 65.9 cm³/mol. The van der Waals surface area contributed by atoms with Crippen LogP contribution in [0.2, 0.25) is 0 Å². The van der Waals surface area contributed by atoms with Crippen LogP contribution in [0.1, 0.15) is 19.8 Å². The van der Waals surface area contributed by atoms with Gasteiger partial charge < -0.3 is 19.4 Å². The average Bonchev–Trinajstić information content (AvgIpc) is 2.12. The molecule has 0 heterocycles. The molecule has 106 valence electrons. The van der Waals surface area contributed by atoms with Crippen LogP contribution in [-0.4, -0.2) is 67.0 Å². The molecule has 0 fully saturated rings. The number of aliphatic hydroxyl groups excluding tert-OH is 1. The highest BCUT2D eigenvalue weighted by atomic mass is 16.5. The molecular formula is C12H24NO5+. The summed E-state index contributed by atoms with van der Waals surface area (Å²) in [5.41, 5.74) is 0. The molecule has 0 aliphatic rings. The van der Waals surface area contributed by atoms with Crippen LogP contribution in [0.3, 0.4) is 0 Å². The fraction of sp³-hybridized carbons (Fsp3) is 0.833. The summed E-state index contributed by atoms with van der Waals surface area (Å²) in [5.74, 6) is -1.63. The molecule has 6 nitrogen and oxygen atoms in total. The number of esters is 1. The van der Waals surface area contributed by atoms with Crippen LogP contribution in [0, 0.1) is 5.92 Å². The molecule has 0 bridgehead atoms. The lowest BCUT2D eigenvalue weighted by atomic mass is 10.1. The Hall–Kier alpha value is -1.14. The smallest absolute Gasteiger partial charge is 0.307 e. The number of hydrogen-bond donors (Lipinski definition) is 2. The van der Waals surface area contributed by atoms with E-state index in [1.54, 1.807) is 6.92 Å². The predicted octanol–water partition coefficient (Wildman–Crippen LogP) is 0.0976. The average molecular weight is 262 g/mol. The van der Waals surface area contributed by atoms with Crippen LogP contribution in [0.15, 0.2) is 0 Å². The van der Waals surface area contributed by atoms with Crippen molar-refractivity contribution in [2.75, 3.05) is 34.3 Å². The summed E-state index contributed by atoms with van der Waals surface area (Å²) in [4.78, 5) is 22.3. The van der Waals surface area contributed by atoms with Crippen LogP contribution >= 0.6 is 0 Å². The van der Waals surface area contributed by atoms with Crippen molar-refractivity contribution in [3.8, 4) is 0 Å². The van der Waals surface area contributed by atoms with E-state index in [-0.39, 0.29) is 25.4 Å². The van der Waals surface area contributed by atoms with E-state index in [2.05, 4.69) is 0 Å². The molecule has 0 spiro atoms. The summed E-state index contributed by atoms with van der Waals surface area (Å²) in [6.45, 7) is 2.08. The third kappa shape index (κ3) is 8.95. The molecule has 2 N–H and O–H groups in total. The number of aliphatic carboxylic acids is 1. The molecule has 0 aromatic heterocycles. The summed E-state index contributed by atoms with van der Waals surface area (Å²) in [5, 5.41) is 17.6. The van der Waals surface area contributed by atoms with Crippen molar-refractivity contribution in [2.24, 2.45) is 5.92 Å². The maximum Gasteiger partial charge on any atom is 0.307 e. The van der Waals surface area contributed by atoms with Crippen LogP contribution in [0.4, 0.5) is 0 Å². The maximum atomic E-state index is 11.6. The van der Waals surface area contributed by atoms with E-state index in [4.69, 9.17) is 14.9 Å². The van der Waals surface area contributed by atoms with Crippen LogP contribution in [0.25, 0.3) is 0 Å². The van der Waals surface area contributed by atoms with Gasteiger partial charge in [-0.2, -0.15) is 0 Å². The third-order valence-electron chi connectivity index (χ3n) is 2.28. The van der Waals surface area contributed by atoms with Gasteiger partial charge in [-0.05, 0) is 5.92 Å². The number of hydrogen-bond acceptors (Lipinski definition) is 4. The highest BCUT2D eigenvalue weighted by Gasteiger charge is 2.25. The molecule has 0 aliphatic carbocycles. The van der Waals surface area contributed by atoms with Crippen LogP contribution in [0.5, 0.6) is 0 Å². The van der Waals surface area contributed by atoms with Gasteiger partial charge >= 0.3 is 11.9 Å². The van der Waals surface area contributed by atoms with Crippen LogP contribution in [-0.2, 0) is 14.3 Å². The van der Waals surface area contributed by atoms with Gasteiger partial charge in [0, 0.05) is 6.61 Å². The van der Waals surface area contributed by atoms with Gasteiger partial charge in [-0.1, -0.05) is 6.92 Å². The number of aliphatic hydroxyl groups is 1. The Kier molecular flexibility index (Phi) is 6.86. The highest BCUT2D eigenvalue weighted by Crippen LogP contribution is 2.09. The largest absolute Gasteiger partial charge is 0.481 e.